The lowest BCUT2D eigenvalue weighted by atomic mass is 10.0. The van der Waals surface area contributed by atoms with Crippen molar-refractivity contribution in [1.29, 1.82) is 0 Å². The molecule has 5 nitrogen and oxygen atoms in total. The quantitative estimate of drug-likeness (QED) is 0.202. The number of para-hydroxylation sites is 2. The van der Waals surface area contributed by atoms with Gasteiger partial charge in [-0.15, -0.1) is 11.3 Å². The first-order chi connectivity index (χ1) is 25.3. The molecule has 0 radical (unpaired) electrons. The van der Waals surface area contributed by atoms with Crippen LogP contribution in [0.3, 0.4) is 0 Å². The van der Waals surface area contributed by atoms with E-state index in [1.165, 1.54) is 42.0 Å². The van der Waals surface area contributed by atoms with Crippen LogP contribution in [0.25, 0.3) is 69.6 Å². The standard InChI is InChI=1S/C45H28N4OS/c1-3-11-27(12-4-1)43-46-44(28-13-5-2-6-14-28)48-45(47-43)29-19-24-40-34(25-29)33-21-23-39-41(42(33)51-40)35-26-30(20-22-38(35)50-39)49-36-17-9-7-15-31(36)32-16-8-10-18-37(32)49/h1-26,45H,(H,46,47,48). The van der Waals surface area contributed by atoms with Crippen LogP contribution in [-0.2, 0) is 0 Å². The number of nitrogens with one attached hydrogen (secondary N) is 1. The Kier molecular flexibility index (Phi) is 6.12. The fourth-order valence-corrected chi connectivity index (χ4v) is 8.92. The molecule has 1 aliphatic rings. The number of nitrogens with zero attached hydrogens (tertiary/aromatic N) is 3. The SMILES string of the molecule is c1ccc(C2=NC(c3ccc4sc5c(ccc6oc7ccc(-n8c9ccccc9c9ccccc98)cc7c65)c4c3)N=C(c3ccccc3)N2)cc1. The summed E-state index contributed by atoms with van der Waals surface area (Å²) < 4.78 is 11.3. The lowest BCUT2D eigenvalue weighted by molar-refractivity contribution is 0.669. The number of benzene rings is 7. The molecule has 0 saturated carbocycles. The minimum atomic E-state index is -0.386. The first kappa shape index (κ1) is 28.3. The van der Waals surface area contributed by atoms with E-state index in [1.54, 1.807) is 0 Å². The Bertz CT molecular complexity index is 2950. The number of rotatable bonds is 4. The van der Waals surface area contributed by atoms with Crippen LogP contribution in [0, 0.1) is 0 Å². The molecule has 1 N–H and O–H groups in total. The molecule has 4 heterocycles. The van der Waals surface area contributed by atoms with Crippen LogP contribution in [0.15, 0.2) is 172 Å². The van der Waals surface area contributed by atoms with Crippen molar-refractivity contribution < 1.29 is 4.42 Å². The van der Waals surface area contributed by atoms with Gasteiger partial charge in [-0.3, -0.25) is 0 Å². The fraction of sp³-hybridized carbons (Fsp3) is 0.0222. The maximum Gasteiger partial charge on any atom is 0.169 e. The minimum Gasteiger partial charge on any atom is -0.456 e. The van der Waals surface area contributed by atoms with E-state index in [4.69, 9.17) is 14.4 Å². The molecule has 1 aliphatic heterocycles. The number of aromatic nitrogens is 1. The highest BCUT2D eigenvalue weighted by atomic mass is 32.1. The minimum absolute atomic E-state index is 0.386. The first-order valence-corrected chi connectivity index (χ1v) is 17.9. The van der Waals surface area contributed by atoms with E-state index in [1.807, 2.05) is 47.7 Å². The predicted molar refractivity (Wildman–Crippen MR) is 213 cm³/mol. The highest BCUT2D eigenvalue weighted by Crippen LogP contribution is 2.44. The molecule has 3 aromatic heterocycles. The Morgan fingerprint density at radius 3 is 1.84 bits per heavy atom. The zero-order valence-electron chi connectivity index (χ0n) is 27.2. The summed E-state index contributed by atoms with van der Waals surface area (Å²) in [5.41, 5.74) is 8.41. The molecule has 0 atom stereocenters. The second-order valence-corrected chi connectivity index (χ2v) is 14.1. The second kappa shape index (κ2) is 11.0. The molecule has 0 fully saturated rings. The Morgan fingerprint density at radius 1 is 0.529 bits per heavy atom. The Labute approximate surface area is 296 Å². The van der Waals surface area contributed by atoms with Gasteiger partial charge in [-0.1, -0.05) is 103 Å². The third kappa shape index (κ3) is 4.40. The number of furan rings is 1. The van der Waals surface area contributed by atoms with Gasteiger partial charge in [0.25, 0.3) is 0 Å². The molecule has 0 unspecified atom stereocenters. The Balaban J connectivity index is 1.09. The van der Waals surface area contributed by atoms with Crippen LogP contribution in [0.2, 0.25) is 0 Å². The van der Waals surface area contributed by atoms with Gasteiger partial charge in [-0.25, -0.2) is 9.98 Å². The van der Waals surface area contributed by atoms with Crippen LogP contribution in [-0.4, -0.2) is 16.2 Å². The van der Waals surface area contributed by atoms with E-state index in [0.29, 0.717) is 0 Å². The summed E-state index contributed by atoms with van der Waals surface area (Å²) in [5.74, 6) is 1.63. The third-order valence-corrected chi connectivity index (χ3v) is 11.3. The van der Waals surface area contributed by atoms with Crippen molar-refractivity contribution >= 4 is 86.9 Å². The summed E-state index contributed by atoms with van der Waals surface area (Å²) in [7, 11) is 0. The molecular formula is C45H28N4OS. The summed E-state index contributed by atoms with van der Waals surface area (Å²) in [6, 6.07) is 55.4. The normalized spacial score (nSPS) is 13.8. The van der Waals surface area contributed by atoms with Gasteiger partial charge >= 0.3 is 0 Å². The predicted octanol–water partition coefficient (Wildman–Crippen LogP) is 11.5. The fourth-order valence-electron chi connectivity index (χ4n) is 7.69. The van der Waals surface area contributed by atoms with Gasteiger partial charge in [0.1, 0.15) is 22.8 Å². The van der Waals surface area contributed by atoms with E-state index in [0.717, 1.165) is 56.0 Å². The Hall–Kier alpha value is -6.50. The molecule has 51 heavy (non-hydrogen) atoms. The maximum atomic E-state index is 6.49. The van der Waals surface area contributed by atoms with Crippen molar-refractivity contribution in [2.75, 3.05) is 0 Å². The summed E-state index contributed by atoms with van der Waals surface area (Å²) in [6.45, 7) is 0. The van der Waals surface area contributed by atoms with Crippen LogP contribution < -0.4 is 5.32 Å². The number of hydrogen-bond acceptors (Lipinski definition) is 5. The van der Waals surface area contributed by atoms with Gasteiger partial charge < -0.3 is 14.3 Å². The average Bonchev–Trinajstić information content (AvgIpc) is 3.87. The van der Waals surface area contributed by atoms with Crippen molar-refractivity contribution in [3.63, 3.8) is 0 Å². The van der Waals surface area contributed by atoms with E-state index < -0.39 is 0 Å². The van der Waals surface area contributed by atoms with E-state index in [-0.39, 0.29) is 6.17 Å². The molecule has 10 aromatic rings. The van der Waals surface area contributed by atoms with Crippen molar-refractivity contribution in [3.8, 4) is 5.69 Å². The summed E-state index contributed by atoms with van der Waals surface area (Å²) in [5, 5.41) is 10.7. The van der Waals surface area contributed by atoms with Crippen LogP contribution in [0.1, 0.15) is 22.9 Å². The molecule has 0 bridgehead atoms. The average molecular weight is 673 g/mol. The van der Waals surface area contributed by atoms with Crippen molar-refractivity contribution in [1.82, 2.24) is 9.88 Å². The van der Waals surface area contributed by atoms with E-state index in [2.05, 4.69) is 131 Å². The van der Waals surface area contributed by atoms with Gasteiger partial charge in [-0.2, -0.15) is 0 Å². The topological polar surface area (TPSA) is 54.8 Å². The van der Waals surface area contributed by atoms with Crippen LogP contribution in [0.5, 0.6) is 0 Å². The van der Waals surface area contributed by atoms with E-state index >= 15 is 0 Å². The highest BCUT2D eigenvalue weighted by molar-refractivity contribution is 7.26. The highest BCUT2D eigenvalue weighted by Gasteiger charge is 2.22. The number of amidine groups is 2. The molecular weight excluding hydrogens is 645 g/mol. The number of fused-ring (bicyclic) bond motifs is 10. The largest absolute Gasteiger partial charge is 0.456 e. The maximum absolute atomic E-state index is 6.49. The zero-order valence-corrected chi connectivity index (χ0v) is 28.1. The third-order valence-electron chi connectivity index (χ3n) is 10.0. The summed E-state index contributed by atoms with van der Waals surface area (Å²) in [4.78, 5) is 10.3. The van der Waals surface area contributed by atoms with Gasteiger partial charge in [-0.05, 0) is 60.2 Å². The van der Waals surface area contributed by atoms with E-state index in [9.17, 15) is 0 Å². The number of aliphatic imine (C=N–C) groups is 2. The lowest BCUT2D eigenvalue weighted by Gasteiger charge is -2.22. The second-order valence-electron chi connectivity index (χ2n) is 13.0. The molecule has 0 aliphatic carbocycles. The smallest absolute Gasteiger partial charge is 0.169 e. The van der Waals surface area contributed by atoms with Gasteiger partial charge in [0.2, 0.25) is 0 Å². The molecule has 0 amide bonds. The van der Waals surface area contributed by atoms with Gasteiger partial charge in [0.05, 0.1) is 11.0 Å². The van der Waals surface area contributed by atoms with Crippen LogP contribution in [0.4, 0.5) is 0 Å². The van der Waals surface area contributed by atoms with Gasteiger partial charge in [0.15, 0.2) is 6.17 Å². The Morgan fingerprint density at radius 2 is 1.16 bits per heavy atom. The monoisotopic (exact) mass is 672 g/mol. The summed E-state index contributed by atoms with van der Waals surface area (Å²) in [6.07, 6.45) is -0.386. The summed E-state index contributed by atoms with van der Waals surface area (Å²) >= 11 is 1.82. The van der Waals surface area contributed by atoms with Crippen LogP contribution >= 0.6 is 11.3 Å². The lowest BCUT2D eigenvalue weighted by Crippen LogP contribution is -2.35. The van der Waals surface area contributed by atoms with Gasteiger partial charge in [0, 0.05) is 58.5 Å². The molecule has 7 aromatic carbocycles. The van der Waals surface area contributed by atoms with Crippen molar-refractivity contribution in [2.45, 2.75) is 6.17 Å². The molecule has 240 valence electrons. The zero-order chi connectivity index (χ0) is 33.5. The molecule has 0 spiro atoms. The number of hydrogen-bond donors (Lipinski definition) is 1. The molecule has 6 heteroatoms. The molecule has 0 saturated heterocycles. The van der Waals surface area contributed by atoms with Crippen molar-refractivity contribution in [3.05, 3.63) is 174 Å². The first-order valence-electron chi connectivity index (χ1n) is 17.1. The van der Waals surface area contributed by atoms with Crippen molar-refractivity contribution in [2.24, 2.45) is 9.98 Å². The molecule has 11 rings (SSSR count). The number of thiophene rings is 1.